The predicted octanol–water partition coefficient (Wildman–Crippen LogP) is 3.45. The summed E-state index contributed by atoms with van der Waals surface area (Å²) in [7, 11) is 0. The molecule has 1 amide bonds. The number of carbonyl (C=O) groups excluding carboxylic acids is 1. The van der Waals surface area contributed by atoms with Gasteiger partial charge < -0.3 is 20.1 Å². The minimum absolute atomic E-state index is 0.163. The monoisotopic (exact) mass is 382 g/mol. The van der Waals surface area contributed by atoms with Gasteiger partial charge in [-0.15, -0.1) is 0 Å². The molecule has 0 spiro atoms. The Morgan fingerprint density at radius 1 is 1.39 bits per heavy atom. The zero-order chi connectivity index (χ0) is 17.2. The molecule has 124 valence electrons. The van der Waals surface area contributed by atoms with Crippen molar-refractivity contribution in [2.75, 3.05) is 0 Å². The quantitative estimate of drug-likeness (QED) is 0.754. The number of H-pyrrole nitrogens is 1. The largest absolute Gasteiger partial charge is 0.480 e. The second kappa shape index (κ2) is 6.62. The summed E-state index contributed by atoms with van der Waals surface area (Å²) in [6.45, 7) is 5.17. The van der Waals surface area contributed by atoms with Crippen LogP contribution in [0.25, 0.3) is 10.9 Å². The van der Waals surface area contributed by atoms with E-state index in [0.29, 0.717) is 0 Å². The van der Waals surface area contributed by atoms with E-state index >= 15 is 0 Å². The van der Waals surface area contributed by atoms with Gasteiger partial charge in [-0.2, -0.15) is 0 Å². The second-order valence-corrected chi connectivity index (χ2v) is 7.16. The number of benzene rings is 1. The highest BCUT2D eigenvalue weighted by molar-refractivity contribution is 9.10. The van der Waals surface area contributed by atoms with Crippen molar-refractivity contribution in [2.45, 2.75) is 38.8 Å². The minimum atomic E-state index is -1.11. The Labute approximate surface area is 142 Å². The van der Waals surface area contributed by atoms with Gasteiger partial charge >= 0.3 is 12.1 Å². The van der Waals surface area contributed by atoms with Gasteiger partial charge in [0.15, 0.2) is 0 Å². The first-order valence-electron chi connectivity index (χ1n) is 7.13. The molecule has 6 nitrogen and oxygen atoms in total. The third kappa shape index (κ3) is 4.72. The van der Waals surface area contributed by atoms with Crippen LogP contribution in [0.5, 0.6) is 0 Å². The Kier molecular flexibility index (Phi) is 4.99. The van der Waals surface area contributed by atoms with Crippen LogP contribution in [0, 0.1) is 0 Å². The van der Waals surface area contributed by atoms with Gasteiger partial charge in [0, 0.05) is 28.0 Å². The molecule has 0 saturated heterocycles. The molecule has 0 saturated carbocycles. The summed E-state index contributed by atoms with van der Waals surface area (Å²) < 4.78 is 6.04. The highest BCUT2D eigenvalue weighted by atomic mass is 79.9. The minimum Gasteiger partial charge on any atom is -0.480 e. The van der Waals surface area contributed by atoms with Crippen molar-refractivity contribution in [3.05, 3.63) is 34.4 Å². The molecular formula is C16H19BrN2O4. The van der Waals surface area contributed by atoms with Crippen LogP contribution in [0.15, 0.2) is 28.9 Å². The summed E-state index contributed by atoms with van der Waals surface area (Å²) in [5.41, 5.74) is 1.03. The summed E-state index contributed by atoms with van der Waals surface area (Å²) >= 11 is 3.39. The molecule has 1 atom stereocenters. The zero-order valence-corrected chi connectivity index (χ0v) is 14.7. The summed E-state index contributed by atoms with van der Waals surface area (Å²) in [5.74, 6) is -1.11. The van der Waals surface area contributed by atoms with Crippen LogP contribution < -0.4 is 5.32 Å². The molecule has 1 aromatic heterocycles. The molecule has 3 N–H and O–H groups in total. The fourth-order valence-electron chi connectivity index (χ4n) is 2.20. The predicted molar refractivity (Wildman–Crippen MR) is 90.5 cm³/mol. The summed E-state index contributed by atoms with van der Waals surface area (Å²) in [4.78, 5) is 26.3. The van der Waals surface area contributed by atoms with Crippen LogP contribution in [-0.2, 0) is 16.0 Å². The summed E-state index contributed by atoms with van der Waals surface area (Å²) in [6.07, 6.45) is 1.17. The standard InChI is InChI=1S/C16H19BrN2O4/c1-16(2,3)23-15(22)19-13(14(20)21)6-9-8-18-12-7-10(17)4-5-11(9)12/h4-5,7-8,13,18H,6H2,1-3H3,(H,19,22)(H,20,21)/t13-/m0/s1. The van der Waals surface area contributed by atoms with Crippen molar-refractivity contribution in [2.24, 2.45) is 0 Å². The molecule has 0 unspecified atom stereocenters. The average Bonchev–Trinajstić information content (AvgIpc) is 2.78. The number of aromatic nitrogens is 1. The van der Waals surface area contributed by atoms with Gasteiger partial charge in [-0.05, 0) is 38.5 Å². The lowest BCUT2D eigenvalue weighted by Crippen LogP contribution is -2.44. The van der Waals surface area contributed by atoms with Gasteiger partial charge in [0.05, 0.1) is 0 Å². The molecular weight excluding hydrogens is 364 g/mol. The topological polar surface area (TPSA) is 91.4 Å². The second-order valence-electron chi connectivity index (χ2n) is 6.24. The average molecular weight is 383 g/mol. The van der Waals surface area contributed by atoms with E-state index in [0.717, 1.165) is 20.9 Å². The third-order valence-electron chi connectivity index (χ3n) is 3.14. The lowest BCUT2D eigenvalue weighted by atomic mass is 10.1. The number of alkyl carbamates (subject to hydrolysis) is 1. The molecule has 2 rings (SSSR count). The molecule has 1 heterocycles. The zero-order valence-electron chi connectivity index (χ0n) is 13.1. The molecule has 7 heteroatoms. The van der Waals surface area contributed by atoms with Crippen molar-refractivity contribution < 1.29 is 19.4 Å². The van der Waals surface area contributed by atoms with E-state index in [4.69, 9.17) is 4.74 Å². The van der Waals surface area contributed by atoms with Gasteiger partial charge in [0.2, 0.25) is 0 Å². The molecule has 0 radical (unpaired) electrons. The number of carboxylic acid groups (broad SMARTS) is 1. The van der Waals surface area contributed by atoms with Gasteiger partial charge in [0.25, 0.3) is 0 Å². The fourth-order valence-corrected chi connectivity index (χ4v) is 2.56. The number of amides is 1. The molecule has 0 aliphatic rings. The molecule has 2 aromatic rings. The Morgan fingerprint density at radius 2 is 2.09 bits per heavy atom. The third-order valence-corrected chi connectivity index (χ3v) is 3.64. The van der Waals surface area contributed by atoms with Crippen LogP contribution >= 0.6 is 15.9 Å². The van der Waals surface area contributed by atoms with Crippen LogP contribution in [0.4, 0.5) is 4.79 Å². The van der Waals surface area contributed by atoms with Crippen LogP contribution in [0.2, 0.25) is 0 Å². The van der Waals surface area contributed by atoms with Crippen LogP contribution in [-0.4, -0.2) is 33.8 Å². The molecule has 0 bridgehead atoms. The van der Waals surface area contributed by atoms with Gasteiger partial charge in [0.1, 0.15) is 11.6 Å². The molecule has 0 aliphatic heterocycles. The number of hydrogen-bond acceptors (Lipinski definition) is 3. The van der Waals surface area contributed by atoms with Gasteiger partial charge in [-0.25, -0.2) is 9.59 Å². The number of fused-ring (bicyclic) bond motifs is 1. The Balaban J connectivity index is 2.15. The van der Waals surface area contributed by atoms with E-state index in [1.807, 2.05) is 18.2 Å². The van der Waals surface area contributed by atoms with Gasteiger partial charge in [-0.3, -0.25) is 0 Å². The smallest absolute Gasteiger partial charge is 0.408 e. The number of rotatable bonds is 4. The highest BCUT2D eigenvalue weighted by Crippen LogP contribution is 2.23. The van der Waals surface area contributed by atoms with Crippen molar-refractivity contribution in [1.82, 2.24) is 10.3 Å². The normalized spacial score (nSPS) is 12.9. The molecule has 1 aromatic carbocycles. The fraction of sp³-hybridized carbons (Fsp3) is 0.375. The van der Waals surface area contributed by atoms with Gasteiger partial charge in [-0.1, -0.05) is 22.0 Å². The van der Waals surface area contributed by atoms with Crippen molar-refractivity contribution in [3.8, 4) is 0 Å². The van der Waals surface area contributed by atoms with Crippen molar-refractivity contribution >= 4 is 38.9 Å². The van der Waals surface area contributed by atoms with Crippen molar-refractivity contribution in [1.29, 1.82) is 0 Å². The van der Waals surface area contributed by atoms with Crippen molar-refractivity contribution in [3.63, 3.8) is 0 Å². The Bertz CT molecular complexity index is 733. The maximum atomic E-state index is 11.8. The van der Waals surface area contributed by atoms with E-state index in [1.165, 1.54) is 0 Å². The number of aromatic amines is 1. The van der Waals surface area contributed by atoms with E-state index in [-0.39, 0.29) is 6.42 Å². The maximum absolute atomic E-state index is 11.8. The van der Waals surface area contributed by atoms with Crippen LogP contribution in [0.1, 0.15) is 26.3 Å². The number of carbonyl (C=O) groups is 2. The first kappa shape index (κ1) is 17.3. The number of nitrogens with one attached hydrogen (secondary N) is 2. The lowest BCUT2D eigenvalue weighted by Gasteiger charge is -2.22. The number of hydrogen-bond donors (Lipinski definition) is 3. The summed E-state index contributed by atoms with van der Waals surface area (Å²) in [5, 5.41) is 12.7. The number of aliphatic carboxylic acids is 1. The number of halogens is 1. The first-order chi connectivity index (χ1) is 10.7. The highest BCUT2D eigenvalue weighted by Gasteiger charge is 2.25. The number of ether oxygens (including phenoxy) is 1. The van der Waals surface area contributed by atoms with E-state index in [2.05, 4.69) is 26.2 Å². The molecule has 0 aliphatic carbocycles. The van der Waals surface area contributed by atoms with E-state index in [1.54, 1.807) is 27.0 Å². The van der Waals surface area contributed by atoms with E-state index < -0.39 is 23.7 Å². The number of carboxylic acids is 1. The Morgan fingerprint density at radius 3 is 2.70 bits per heavy atom. The van der Waals surface area contributed by atoms with E-state index in [9.17, 15) is 14.7 Å². The molecule has 0 fully saturated rings. The SMILES string of the molecule is CC(C)(C)OC(=O)N[C@@H](Cc1c[nH]c2cc(Br)ccc12)C(=O)O. The first-order valence-corrected chi connectivity index (χ1v) is 7.93. The molecule has 23 heavy (non-hydrogen) atoms. The maximum Gasteiger partial charge on any atom is 0.408 e. The van der Waals surface area contributed by atoms with Crippen LogP contribution in [0.3, 0.4) is 0 Å². The summed E-state index contributed by atoms with van der Waals surface area (Å²) in [6, 6.07) is 4.64. The Hall–Kier alpha value is -2.02. The lowest BCUT2D eigenvalue weighted by molar-refractivity contribution is -0.139.